The Morgan fingerprint density at radius 3 is 2.59 bits per heavy atom. The van der Waals surface area contributed by atoms with Crippen molar-refractivity contribution in [1.29, 1.82) is 0 Å². The molecule has 5 nitrogen and oxygen atoms in total. The van der Waals surface area contributed by atoms with Gasteiger partial charge in [0.25, 0.3) is 0 Å². The predicted molar refractivity (Wildman–Crippen MR) is 86.0 cm³/mol. The molecule has 22 heavy (non-hydrogen) atoms. The third-order valence-electron chi connectivity index (χ3n) is 2.80. The molecule has 0 aliphatic rings. The van der Waals surface area contributed by atoms with Crippen LogP contribution >= 0.6 is 0 Å². The molecular formula is C17H23NO4. The van der Waals surface area contributed by atoms with Gasteiger partial charge in [0.05, 0.1) is 5.56 Å². The van der Waals surface area contributed by atoms with Crippen molar-refractivity contribution in [3.05, 3.63) is 41.0 Å². The van der Waals surface area contributed by atoms with E-state index in [1.165, 1.54) is 0 Å². The summed E-state index contributed by atoms with van der Waals surface area (Å²) in [6, 6.07) is 5.00. The minimum atomic E-state index is -0.943. The molecule has 1 amide bonds. The van der Waals surface area contributed by atoms with Gasteiger partial charge in [-0.25, -0.2) is 9.59 Å². The van der Waals surface area contributed by atoms with Crippen LogP contribution in [0.15, 0.2) is 24.3 Å². The highest BCUT2D eigenvalue weighted by atomic mass is 16.6. The van der Waals surface area contributed by atoms with Crippen molar-refractivity contribution in [1.82, 2.24) is 5.32 Å². The number of hydrogen-bond donors (Lipinski definition) is 2. The first kappa shape index (κ1) is 17.8. The average Bonchev–Trinajstić information content (AvgIpc) is 2.37. The second kappa shape index (κ2) is 7.64. The number of aryl methyl sites for hydroxylation is 1. The smallest absolute Gasteiger partial charge is 0.407 e. The monoisotopic (exact) mass is 305 g/mol. The van der Waals surface area contributed by atoms with E-state index in [1.54, 1.807) is 18.2 Å². The lowest BCUT2D eigenvalue weighted by Crippen LogP contribution is -2.32. The van der Waals surface area contributed by atoms with Crippen LogP contribution in [0.25, 0.3) is 6.08 Å². The summed E-state index contributed by atoms with van der Waals surface area (Å²) in [7, 11) is 0. The quantitative estimate of drug-likeness (QED) is 0.815. The Hall–Kier alpha value is -2.30. The number of aromatic carboxylic acids is 1. The maximum atomic E-state index is 11.4. The molecule has 1 rings (SSSR count). The van der Waals surface area contributed by atoms with E-state index in [-0.39, 0.29) is 5.56 Å². The third kappa shape index (κ3) is 6.43. The number of alkyl carbamates (subject to hydrolysis) is 1. The van der Waals surface area contributed by atoms with Gasteiger partial charge in [0.15, 0.2) is 0 Å². The number of carboxylic acid groups (broad SMARTS) is 1. The van der Waals surface area contributed by atoms with Gasteiger partial charge in [-0.05, 0) is 57.4 Å². The van der Waals surface area contributed by atoms with Crippen molar-refractivity contribution in [2.45, 2.75) is 39.7 Å². The number of hydrogen-bond acceptors (Lipinski definition) is 3. The molecule has 0 heterocycles. The van der Waals surface area contributed by atoms with Crippen molar-refractivity contribution in [2.75, 3.05) is 6.54 Å². The molecule has 0 aliphatic carbocycles. The van der Waals surface area contributed by atoms with E-state index in [9.17, 15) is 9.59 Å². The fourth-order valence-electron chi connectivity index (χ4n) is 1.74. The highest BCUT2D eigenvalue weighted by Crippen LogP contribution is 2.13. The molecule has 0 fully saturated rings. The second-order valence-electron chi connectivity index (χ2n) is 6.00. The molecule has 0 aromatic heterocycles. The number of rotatable bonds is 5. The van der Waals surface area contributed by atoms with Crippen molar-refractivity contribution >= 4 is 18.1 Å². The minimum absolute atomic E-state index is 0.261. The van der Waals surface area contributed by atoms with Gasteiger partial charge < -0.3 is 15.2 Å². The molecule has 1 aromatic carbocycles. The van der Waals surface area contributed by atoms with Gasteiger partial charge in [-0.1, -0.05) is 18.2 Å². The van der Waals surface area contributed by atoms with Crippen LogP contribution in [-0.2, 0) is 4.74 Å². The van der Waals surface area contributed by atoms with E-state index < -0.39 is 17.7 Å². The summed E-state index contributed by atoms with van der Waals surface area (Å²) in [6.45, 7) is 7.81. The number of carbonyl (C=O) groups excluding carboxylic acids is 1. The largest absolute Gasteiger partial charge is 0.478 e. The molecule has 0 saturated heterocycles. The number of amides is 1. The van der Waals surface area contributed by atoms with Gasteiger partial charge in [0, 0.05) is 6.54 Å². The number of carboxylic acids is 1. The predicted octanol–water partition coefficient (Wildman–Crippen LogP) is 3.62. The fourth-order valence-corrected chi connectivity index (χ4v) is 1.74. The van der Waals surface area contributed by atoms with E-state index >= 15 is 0 Å². The summed E-state index contributed by atoms with van der Waals surface area (Å²) in [5.41, 5.74) is 1.62. The van der Waals surface area contributed by atoms with Crippen LogP contribution in [0, 0.1) is 6.92 Å². The van der Waals surface area contributed by atoms with E-state index in [0.717, 1.165) is 11.1 Å². The summed E-state index contributed by atoms with van der Waals surface area (Å²) < 4.78 is 5.12. The summed E-state index contributed by atoms with van der Waals surface area (Å²) in [5.74, 6) is -0.943. The van der Waals surface area contributed by atoms with Gasteiger partial charge in [0.1, 0.15) is 5.60 Å². The van der Waals surface area contributed by atoms with Crippen LogP contribution in [-0.4, -0.2) is 29.3 Å². The number of benzene rings is 1. The van der Waals surface area contributed by atoms with Crippen LogP contribution in [0.2, 0.25) is 0 Å². The lowest BCUT2D eigenvalue weighted by Gasteiger charge is -2.19. The summed E-state index contributed by atoms with van der Waals surface area (Å²) in [6.07, 6.45) is 3.95. The van der Waals surface area contributed by atoms with Crippen molar-refractivity contribution in [3.8, 4) is 0 Å². The molecule has 0 saturated carbocycles. The third-order valence-corrected chi connectivity index (χ3v) is 2.80. The van der Waals surface area contributed by atoms with Gasteiger partial charge in [-0.3, -0.25) is 0 Å². The van der Waals surface area contributed by atoms with E-state index in [1.807, 2.05) is 39.8 Å². The van der Waals surface area contributed by atoms with E-state index in [4.69, 9.17) is 9.84 Å². The molecule has 0 aliphatic heterocycles. The van der Waals surface area contributed by atoms with Crippen molar-refractivity contribution in [2.24, 2.45) is 0 Å². The Kier molecular flexibility index (Phi) is 6.16. The number of nitrogens with one attached hydrogen (secondary N) is 1. The Bertz CT molecular complexity index is 571. The molecule has 0 unspecified atom stereocenters. The first-order valence-corrected chi connectivity index (χ1v) is 7.16. The van der Waals surface area contributed by atoms with E-state index in [0.29, 0.717) is 13.0 Å². The lowest BCUT2D eigenvalue weighted by molar-refractivity contribution is 0.0528. The summed E-state index contributed by atoms with van der Waals surface area (Å²) in [4.78, 5) is 22.4. The average molecular weight is 305 g/mol. The van der Waals surface area contributed by atoms with E-state index in [2.05, 4.69) is 5.32 Å². The molecule has 0 bridgehead atoms. The second-order valence-corrected chi connectivity index (χ2v) is 6.00. The zero-order valence-electron chi connectivity index (χ0n) is 13.5. The Morgan fingerprint density at radius 2 is 2.00 bits per heavy atom. The molecule has 2 N–H and O–H groups in total. The molecule has 5 heteroatoms. The Morgan fingerprint density at radius 1 is 1.32 bits per heavy atom. The molecule has 0 spiro atoms. The van der Waals surface area contributed by atoms with Crippen molar-refractivity contribution in [3.63, 3.8) is 0 Å². The lowest BCUT2D eigenvalue weighted by atomic mass is 10.0. The number of ether oxygens (including phenoxy) is 1. The van der Waals surface area contributed by atoms with Gasteiger partial charge >= 0.3 is 12.1 Å². The maximum Gasteiger partial charge on any atom is 0.407 e. The summed E-state index contributed by atoms with van der Waals surface area (Å²) in [5, 5.41) is 11.6. The SMILES string of the molecule is Cc1ccc(C(=O)O)cc1C=CCCNC(=O)OC(C)(C)C. The molecule has 120 valence electrons. The molecule has 0 atom stereocenters. The van der Waals surface area contributed by atoms with Gasteiger partial charge in [-0.15, -0.1) is 0 Å². The Balaban J connectivity index is 2.48. The fraction of sp³-hybridized carbons (Fsp3) is 0.412. The minimum Gasteiger partial charge on any atom is -0.478 e. The van der Waals surface area contributed by atoms with Crippen LogP contribution in [0.3, 0.4) is 0 Å². The summed E-state index contributed by atoms with van der Waals surface area (Å²) >= 11 is 0. The van der Waals surface area contributed by atoms with Crippen molar-refractivity contribution < 1.29 is 19.4 Å². The first-order valence-electron chi connectivity index (χ1n) is 7.16. The van der Waals surface area contributed by atoms with Gasteiger partial charge in [0.2, 0.25) is 0 Å². The zero-order chi connectivity index (χ0) is 16.8. The molecule has 1 aromatic rings. The Labute approximate surface area is 131 Å². The normalized spacial score (nSPS) is 11.5. The highest BCUT2D eigenvalue weighted by Gasteiger charge is 2.15. The first-order chi connectivity index (χ1) is 10.2. The van der Waals surface area contributed by atoms with Gasteiger partial charge in [-0.2, -0.15) is 0 Å². The van der Waals surface area contributed by atoms with Crippen LogP contribution in [0.4, 0.5) is 4.79 Å². The molecule has 0 radical (unpaired) electrons. The maximum absolute atomic E-state index is 11.4. The standard InChI is InChI=1S/C17H23NO4/c1-12-8-9-14(15(19)20)11-13(12)7-5-6-10-18-16(21)22-17(2,3)4/h5,7-9,11H,6,10H2,1-4H3,(H,18,21)(H,19,20). The van der Waals surface area contributed by atoms with Crippen LogP contribution in [0.5, 0.6) is 0 Å². The zero-order valence-corrected chi connectivity index (χ0v) is 13.5. The number of carbonyl (C=O) groups is 2. The molecular weight excluding hydrogens is 282 g/mol. The van der Waals surface area contributed by atoms with Crippen LogP contribution < -0.4 is 5.32 Å². The van der Waals surface area contributed by atoms with Crippen LogP contribution in [0.1, 0.15) is 48.7 Å². The topological polar surface area (TPSA) is 75.6 Å². The highest BCUT2D eigenvalue weighted by molar-refractivity contribution is 5.88.